The van der Waals surface area contributed by atoms with Crippen molar-refractivity contribution in [2.24, 2.45) is 0 Å². The summed E-state index contributed by atoms with van der Waals surface area (Å²) in [6, 6.07) is 22.3. The summed E-state index contributed by atoms with van der Waals surface area (Å²) >= 11 is 0. The highest BCUT2D eigenvalue weighted by Gasteiger charge is 2.14. The predicted octanol–water partition coefficient (Wildman–Crippen LogP) is 4.91. The first-order valence-corrected chi connectivity index (χ1v) is 7.78. The second-order valence-corrected chi connectivity index (χ2v) is 5.79. The molecule has 0 radical (unpaired) electrons. The maximum absolute atomic E-state index is 11.0. The van der Waals surface area contributed by atoms with E-state index < -0.39 is 5.97 Å². The number of carbonyl (C=O) groups is 1. The summed E-state index contributed by atoms with van der Waals surface area (Å²) < 4.78 is 0. The maximum Gasteiger partial charge on any atom is 0.335 e. The normalized spacial score (nSPS) is 11.9. The zero-order chi connectivity index (χ0) is 17.1. The van der Waals surface area contributed by atoms with Gasteiger partial charge >= 0.3 is 5.97 Å². The molecule has 0 aliphatic heterocycles. The van der Waals surface area contributed by atoms with Crippen molar-refractivity contribution in [2.45, 2.75) is 12.8 Å². The van der Waals surface area contributed by atoms with Crippen LogP contribution in [0.25, 0.3) is 11.1 Å². The molecule has 3 nitrogen and oxygen atoms in total. The molecule has 24 heavy (non-hydrogen) atoms. The highest BCUT2D eigenvalue weighted by Crippen LogP contribution is 2.34. The van der Waals surface area contributed by atoms with Crippen molar-refractivity contribution in [1.29, 1.82) is 0 Å². The van der Waals surface area contributed by atoms with E-state index in [2.05, 4.69) is 6.92 Å². The number of aromatic hydroxyl groups is 1. The van der Waals surface area contributed by atoms with Crippen molar-refractivity contribution in [3.63, 3.8) is 0 Å². The maximum atomic E-state index is 11.0. The summed E-state index contributed by atoms with van der Waals surface area (Å²) in [5.74, 6) is -0.618. The molecule has 0 saturated heterocycles. The highest BCUT2D eigenvalue weighted by atomic mass is 16.4. The lowest BCUT2D eigenvalue weighted by Gasteiger charge is -2.16. The zero-order valence-electron chi connectivity index (χ0n) is 13.3. The smallest absolute Gasteiger partial charge is 0.335 e. The molecular formula is C21H18O3. The first-order valence-electron chi connectivity index (χ1n) is 7.78. The van der Waals surface area contributed by atoms with Gasteiger partial charge in [-0.05, 0) is 41.0 Å². The molecule has 0 saturated carbocycles. The van der Waals surface area contributed by atoms with Gasteiger partial charge in [-0.3, -0.25) is 0 Å². The minimum atomic E-state index is -0.939. The third kappa shape index (κ3) is 3.15. The molecule has 0 fully saturated rings. The van der Waals surface area contributed by atoms with E-state index in [1.807, 2.05) is 42.5 Å². The number of benzene rings is 3. The first-order chi connectivity index (χ1) is 11.6. The second-order valence-electron chi connectivity index (χ2n) is 5.79. The third-order valence-corrected chi connectivity index (χ3v) is 4.26. The van der Waals surface area contributed by atoms with Crippen molar-refractivity contribution in [3.05, 3.63) is 89.5 Å². The van der Waals surface area contributed by atoms with Crippen LogP contribution in [0.15, 0.2) is 72.8 Å². The lowest BCUT2D eigenvalue weighted by Crippen LogP contribution is -1.97. The van der Waals surface area contributed by atoms with Crippen LogP contribution >= 0.6 is 0 Å². The van der Waals surface area contributed by atoms with Gasteiger partial charge in [0.25, 0.3) is 0 Å². The van der Waals surface area contributed by atoms with Crippen LogP contribution in [0.2, 0.25) is 0 Å². The van der Waals surface area contributed by atoms with Crippen LogP contribution in [0.1, 0.15) is 34.3 Å². The fraction of sp³-hybridized carbons (Fsp3) is 0.0952. The van der Waals surface area contributed by atoms with Crippen molar-refractivity contribution in [1.82, 2.24) is 0 Å². The average Bonchev–Trinajstić information content (AvgIpc) is 2.62. The van der Waals surface area contributed by atoms with Crippen LogP contribution in [-0.4, -0.2) is 16.2 Å². The molecule has 0 bridgehead atoms. The van der Waals surface area contributed by atoms with Gasteiger partial charge in [-0.2, -0.15) is 0 Å². The Labute approximate surface area is 140 Å². The standard InChI is InChI=1S/C21H18O3/c1-14(15-5-3-2-4-6-15)19-13-18(11-12-20(19)22)16-7-9-17(10-8-16)21(23)24/h2-14,22H,1H3,(H,23,24). The Balaban J connectivity index is 1.98. The molecule has 1 atom stereocenters. The zero-order valence-corrected chi connectivity index (χ0v) is 13.3. The third-order valence-electron chi connectivity index (χ3n) is 4.26. The summed E-state index contributed by atoms with van der Waals surface area (Å²) in [6.07, 6.45) is 0. The SMILES string of the molecule is CC(c1ccccc1)c1cc(-c2ccc(C(=O)O)cc2)ccc1O. The molecule has 3 aromatic rings. The van der Waals surface area contributed by atoms with Gasteiger partial charge in [0.1, 0.15) is 5.75 Å². The molecule has 0 heterocycles. The van der Waals surface area contributed by atoms with Gasteiger partial charge in [0.05, 0.1) is 5.56 Å². The number of phenolic OH excluding ortho intramolecular Hbond substituents is 1. The highest BCUT2D eigenvalue weighted by molar-refractivity contribution is 5.88. The van der Waals surface area contributed by atoms with Crippen molar-refractivity contribution in [2.75, 3.05) is 0 Å². The van der Waals surface area contributed by atoms with Crippen LogP contribution in [0.3, 0.4) is 0 Å². The van der Waals surface area contributed by atoms with Crippen LogP contribution < -0.4 is 0 Å². The topological polar surface area (TPSA) is 57.5 Å². The van der Waals surface area contributed by atoms with Crippen molar-refractivity contribution < 1.29 is 15.0 Å². The first kappa shape index (κ1) is 15.8. The minimum absolute atomic E-state index is 0.0597. The summed E-state index contributed by atoms with van der Waals surface area (Å²) in [6.45, 7) is 2.06. The molecule has 3 rings (SSSR count). The Morgan fingerprint density at radius 3 is 2.12 bits per heavy atom. The number of rotatable bonds is 4. The molecule has 0 aliphatic rings. The van der Waals surface area contributed by atoms with Crippen molar-refractivity contribution in [3.8, 4) is 16.9 Å². The van der Waals surface area contributed by atoms with Gasteiger partial charge in [0.2, 0.25) is 0 Å². The Kier molecular flexibility index (Phi) is 4.34. The largest absolute Gasteiger partial charge is 0.508 e. The van der Waals surface area contributed by atoms with Gasteiger partial charge in [-0.1, -0.05) is 55.5 Å². The van der Waals surface area contributed by atoms with E-state index in [1.54, 1.807) is 30.3 Å². The van der Waals surface area contributed by atoms with Gasteiger partial charge < -0.3 is 10.2 Å². The van der Waals surface area contributed by atoms with E-state index in [4.69, 9.17) is 5.11 Å². The lowest BCUT2D eigenvalue weighted by molar-refractivity contribution is 0.0697. The molecule has 0 aromatic heterocycles. The van der Waals surface area contributed by atoms with E-state index in [-0.39, 0.29) is 17.2 Å². The number of aromatic carboxylic acids is 1. The molecule has 1 unspecified atom stereocenters. The number of phenols is 1. The monoisotopic (exact) mass is 318 g/mol. The summed E-state index contributed by atoms with van der Waals surface area (Å²) in [4.78, 5) is 11.0. The minimum Gasteiger partial charge on any atom is -0.508 e. The van der Waals surface area contributed by atoms with Crippen LogP contribution in [0, 0.1) is 0 Å². The van der Waals surface area contributed by atoms with E-state index in [1.165, 1.54) is 0 Å². The Hall–Kier alpha value is -3.07. The molecule has 0 amide bonds. The van der Waals surface area contributed by atoms with Crippen LogP contribution in [0.5, 0.6) is 5.75 Å². The van der Waals surface area contributed by atoms with E-state index in [0.717, 1.165) is 22.3 Å². The van der Waals surface area contributed by atoms with Gasteiger partial charge in [0.15, 0.2) is 0 Å². The number of carboxylic acid groups (broad SMARTS) is 1. The molecule has 3 heteroatoms. The molecule has 0 aliphatic carbocycles. The van der Waals surface area contributed by atoms with Gasteiger partial charge in [0, 0.05) is 11.5 Å². The quantitative estimate of drug-likeness (QED) is 0.718. The van der Waals surface area contributed by atoms with E-state index in [9.17, 15) is 9.90 Å². The van der Waals surface area contributed by atoms with Gasteiger partial charge in [-0.25, -0.2) is 4.79 Å². The van der Waals surface area contributed by atoms with E-state index in [0.29, 0.717) is 0 Å². The predicted molar refractivity (Wildman–Crippen MR) is 94.5 cm³/mol. The van der Waals surface area contributed by atoms with E-state index >= 15 is 0 Å². The van der Waals surface area contributed by atoms with Crippen LogP contribution in [-0.2, 0) is 0 Å². The number of hydrogen-bond acceptors (Lipinski definition) is 2. The fourth-order valence-corrected chi connectivity index (χ4v) is 2.81. The Morgan fingerprint density at radius 1 is 0.875 bits per heavy atom. The molecule has 0 spiro atoms. The summed E-state index contributed by atoms with van der Waals surface area (Å²) in [5, 5.41) is 19.2. The molecular weight excluding hydrogens is 300 g/mol. The molecule has 120 valence electrons. The Morgan fingerprint density at radius 2 is 1.50 bits per heavy atom. The average molecular weight is 318 g/mol. The molecule has 2 N–H and O–H groups in total. The number of hydrogen-bond donors (Lipinski definition) is 2. The fourth-order valence-electron chi connectivity index (χ4n) is 2.81. The summed E-state index contributed by atoms with van der Waals surface area (Å²) in [5.41, 5.74) is 4.10. The Bertz CT molecular complexity index is 852. The second kappa shape index (κ2) is 6.59. The lowest BCUT2D eigenvalue weighted by atomic mass is 9.90. The van der Waals surface area contributed by atoms with Crippen molar-refractivity contribution >= 4 is 5.97 Å². The van der Waals surface area contributed by atoms with Gasteiger partial charge in [-0.15, -0.1) is 0 Å². The van der Waals surface area contributed by atoms with Crippen LogP contribution in [0.4, 0.5) is 0 Å². The molecule has 3 aromatic carbocycles. The summed E-state index contributed by atoms with van der Waals surface area (Å²) in [7, 11) is 0. The number of carboxylic acids is 1.